The number of halogens is 1. The van der Waals surface area contributed by atoms with Crippen LogP contribution < -0.4 is 19.9 Å². The van der Waals surface area contributed by atoms with Gasteiger partial charge in [-0.25, -0.2) is 9.37 Å². The number of hydrogen-bond acceptors (Lipinski definition) is 7. The minimum atomic E-state index is -0.809. The van der Waals surface area contributed by atoms with Gasteiger partial charge in [0, 0.05) is 18.9 Å². The first-order chi connectivity index (χ1) is 17.0. The van der Waals surface area contributed by atoms with Crippen molar-refractivity contribution in [3.8, 4) is 5.75 Å². The van der Waals surface area contributed by atoms with Gasteiger partial charge in [-0.05, 0) is 36.2 Å². The number of rotatable bonds is 7. The average molecular weight is 476 g/mol. The quantitative estimate of drug-likeness (QED) is 0.509. The highest BCUT2D eigenvalue weighted by Gasteiger charge is 2.32. The van der Waals surface area contributed by atoms with Crippen molar-refractivity contribution in [1.82, 2.24) is 14.8 Å². The molecule has 2 saturated heterocycles. The van der Waals surface area contributed by atoms with Gasteiger partial charge in [0.25, 0.3) is 5.91 Å². The summed E-state index contributed by atoms with van der Waals surface area (Å²) in [6.07, 6.45) is 6.33. The van der Waals surface area contributed by atoms with Crippen LogP contribution in [-0.2, 0) is 11.3 Å². The fraction of sp³-hybridized carbons (Fsp3) is 0.280. The minimum absolute atomic E-state index is 0.178. The normalized spacial score (nSPS) is 19.1. The molecule has 0 spiro atoms. The number of ether oxygens (including phenoxy) is 1. The number of amides is 1. The molecule has 0 bridgehead atoms. The Hall–Kier alpha value is -4.21. The summed E-state index contributed by atoms with van der Waals surface area (Å²) in [5, 5.41) is 15.7. The second-order valence-electron chi connectivity index (χ2n) is 8.55. The standard InChI is InChI=1S/C25H26FN7O2/c1-35-21-5-2-17(3-6-21)13-32-15-20(11-30-32)33-16-23(27)22(25(33)34)12-28-19-4-7-24(29-10-19)31-9-8-18(26)14-31/h2-7,10-12,15,18,27-28H,8-9,13-14,16H2,1H3/b22-12+,27-23?/t18-/m0/s1. The van der Waals surface area contributed by atoms with E-state index in [1.165, 1.54) is 11.1 Å². The Labute approximate surface area is 202 Å². The lowest BCUT2D eigenvalue weighted by Crippen LogP contribution is -2.24. The molecule has 2 aliphatic rings. The van der Waals surface area contributed by atoms with E-state index in [4.69, 9.17) is 10.1 Å². The van der Waals surface area contributed by atoms with E-state index in [1.807, 2.05) is 41.3 Å². The van der Waals surface area contributed by atoms with E-state index in [0.717, 1.165) is 17.1 Å². The van der Waals surface area contributed by atoms with Gasteiger partial charge in [-0.2, -0.15) is 5.10 Å². The first kappa shape index (κ1) is 22.6. The van der Waals surface area contributed by atoms with Crippen LogP contribution >= 0.6 is 0 Å². The Kier molecular flexibility index (Phi) is 6.17. The summed E-state index contributed by atoms with van der Waals surface area (Å²) in [5.41, 5.74) is 2.89. The van der Waals surface area contributed by atoms with Gasteiger partial charge in [-0.3, -0.25) is 14.4 Å². The summed E-state index contributed by atoms with van der Waals surface area (Å²) in [7, 11) is 1.63. The molecule has 1 atom stereocenters. The fourth-order valence-corrected chi connectivity index (χ4v) is 4.18. The Bertz CT molecular complexity index is 1250. The van der Waals surface area contributed by atoms with E-state index in [2.05, 4.69) is 15.4 Å². The molecule has 1 amide bonds. The molecule has 3 aromatic rings. The van der Waals surface area contributed by atoms with Gasteiger partial charge < -0.3 is 20.4 Å². The molecule has 2 N–H and O–H groups in total. The number of carbonyl (C=O) groups excluding carboxylic acids is 1. The predicted molar refractivity (Wildman–Crippen MR) is 132 cm³/mol. The van der Waals surface area contributed by atoms with Crippen molar-refractivity contribution in [3.05, 3.63) is 72.3 Å². The van der Waals surface area contributed by atoms with Crippen LogP contribution in [0.2, 0.25) is 0 Å². The summed E-state index contributed by atoms with van der Waals surface area (Å²) >= 11 is 0. The molecule has 5 rings (SSSR count). The molecule has 0 aliphatic carbocycles. The second kappa shape index (κ2) is 9.57. The van der Waals surface area contributed by atoms with Crippen molar-refractivity contribution in [3.63, 3.8) is 0 Å². The first-order valence-corrected chi connectivity index (χ1v) is 11.4. The largest absolute Gasteiger partial charge is 0.497 e. The number of hydrogen-bond donors (Lipinski definition) is 2. The van der Waals surface area contributed by atoms with Gasteiger partial charge >= 0.3 is 0 Å². The van der Waals surface area contributed by atoms with Gasteiger partial charge in [-0.1, -0.05) is 12.1 Å². The Balaban J connectivity index is 1.22. The molecule has 10 heteroatoms. The Morgan fingerprint density at radius 1 is 1.23 bits per heavy atom. The maximum Gasteiger partial charge on any atom is 0.262 e. The monoisotopic (exact) mass is 475 g/mol. The molecule has 180 valence electrons. The van der Waals surface area contributed by atoms with Crippen molar-refractivity contribution in [2.24, 2.45) is 0 Å². The molecule has 9 nitrogen and oxygen atoms in total. The van der Waals surface area contributed by atoms with Crippen LogP contribution in [0.25, 0.3) is 0 Å². The third-order valence-corrected chi connectivity index (χ3v) is 6.14. The van der Waals surface area contributed by atoms with Crippen molar-refractivity contribution in [1.29, 1.82) is 5.41 Å². The number of alkyl halides is 1. The van der Waals surface area contributed by atoms with Crippen molar-refractivity contribution in [2.45, 2.75) is 19.1 Å². The van der Waals surface area contributed by atoms with Crippen LogP contribution in [-0.4, -0.2) is 59.3 Å². The molecule has 2 aliphatic heterocycles. The molecule has 0 unspecified atom stereocenters. The topological polar surface area (TPSA) is 99.4 Å². The number of aromatic nitrogens is 3. The molecule has 1 aromatic carbocycles. The average Bonchev–Trinajstić information content (AvgIpc) is 3.58. The maximum absolute atomic E-state index is 13.4. The number of nitrogens with one attached hydrogen (secondary N) is 2. The molecule has 0 saturated carbocycles. The summed E-state index contributed by atoms with van der Waals surface area (Å²) < 4.78 is 20.4. The Morgan fingerprint density at radius 3 is 2.74 bits per heavy atom. The maximum atomic E-state index is 13.4. The van der Waals surface area contributed by atoms with E-state index < -0.39 is 6.17 Å². The third-order valence-electron chi connectivity index (χ3n) is 6.14. The van der Waals surface area contributed by atoms with Crippen LogP contribution in [0.1, 0.15) is 12.0 Å². The highest BCUT2D eigenvalue weighted by Crippen LogP contribution is 2.24. The third kappa shape index (κ3) is 4.86. The summed E-state index contributed by atoms with van der Waals surface area (Å²) in [6.45, 7) is 1.75. The molecular formula is C25H26FN7O2. The molecule has 2 aromatic heterocycles. The number of benzene rings is 1. The molecule has 2 fully saturated rings. The summed E-state index contributed by atoms with van der Waals surface area (Å²) in [5.74, 6) is 1.25. The van der Waals surface area contributed by atoms with Crippen LogP contribution in [0.4, 0.5) is 21.6 Å². The zero-order chi connectivity index (χ0) is 24.4. The lowest BCUT2D eigenvalue weighted by atomic mass is 10.2. The smallest absolute Gasteiger partial charge is 0.262 e. The van der Waals surface area contributed by atoms with Gasteiger partial charge in [0.2, 0.25) is 0 Å². The number of nitrogens with zero attached hydrogens (tertiary/aromatic N) is 5. The Morgan fingerprint density at radius 2 is 2.06 bits per heavy atom. The van der Waals surface area contributed by atoms with E-state index in [0.29, 0.717) is 37.4 Å². The molecule has 4 heterocycles. The zero-order valence-corrected chi connectivity index (χ0v) is 19.3. The SMILES string of the molecule is COc1ccc(Cn2cc(N3CC(=N)/C(=C\Nc4ccc(N5CC[C@H](F)C5)nc4)C3=O)cn2)cc1. The summed E-state index contributed by atoms with van der Waals surface area (Å²) in [6, 6.07) is 11.4. The number of carbonyl (C=O) groups is 1. The minimum Gasteiger partial charge on any atom is -0.497 e. The first-order valence-electron chi connectivity index (χ1n) is 11.4. The lowest BCUT2D eigenvalue weighted by molar-refractivity contribution is -0.114. The fourth-order valence-electron chi connectivity index (χ4n) is 4.18. The number of pyridine rings is 1. The van der Waals surface area contributed by atoms with Crippen molar-refractivity contribution < 1.29 is 13.9 Å². The van der Waals surface area contributed by atoms with E-state index in [-0.39, 0.29) is 23.7 Å². The molecule has 35 heavy (non-hydrogen) atoms. The van der Waals surface area contributed by atoms with Gasteiger partial charge in [0.1, 0.15) is 17.7 Å². The van der Waals surface area contributed by atoms with E-state index in [9.17, 15) is 9.18 Å². The van der Waals surface area contributed by atoms with Gasteiger partial charge in [-0.15, -0.1) is 0 Å². The van der Waals surface area contributed by atoms with Crippen LogP contribution in [0, 0.1) is 5.41 Å². The van der Waals surface area contributed by atoms with Crippen molar-refractivity contribution in [2.75, 3.05) is 41.9 Å². The second-order valence-corrected chi connectivity index (χ2v) is 8.55. The highest BCUT2D eigenvalue weighted by atomic mass is 19.1. The van der Waals surface area contributed by atoms with Gasteiger partial charge in [0.05, 0.1) is 61.8 Å². The predicted octanol–water partition coefficient (Wildman–Crippen LogP) is 3.25. The zero-order valence-electron chi connectivity index (χ0n) is 19.3. The van der Waals surface area contributed by atoms with Crippen LogP contribution in [0.15, 0.2) is 66.8 Å². The van der Waals surface area contributed by atoms with Gasteiger partial charge in [0.15, 0.2) is 0 Å². The molecule has 0 radical (unpaired) electrons. The van der Waals surface area contributed by atoms with Crippen LogP contribution in [0.3, 0.4) is 0 Å². The molecular weight excluding hydrogens is 449 g/mol. The van der Waals surface area contributed by atoms with E-state index >= 15 is 0 Å². The lowest BCUT2D eigenvalue weighted by Gasteiger charge is -2.16. The number of anilines is 3. The summed E-state index contributed by atoms with van der Waals surface area (Å²) in [4.78, 5) is 20.8. The highest BCUT2D eigenvalue weighted by molar-refractivity contribution is 6.32. The van der Waals surface area contributed by atoms with Crippen molar-refractivity contribution >= 4 is 28.8 Å². The van der Waals surface area contributed by atoms with Crippen LogP contribution in [0.5, 0.6) is 5.75 Å². The number of methoxy groups -OCH3 is 1. The van der Waals surface area contributed by atoms with E-state index in [1.54, 1.807) is 30.4 Å².